The van der Waals surface area contributed by atoms with Crippen LogP contribution in [0.4, 0.5) is 0 Å². The highest BCUT2D eigenvalue weighted by molar-refractivity contribution is 5.97. The Kier molecular flexibility index (Phi) is 4.86. The average Bonchev–Trinajstić information content (AvgIpc) is 3.08. The van der Waals surface area contributed by atoms with Crippen molar-refractivity contribution in [2.45, 2.75) is 25.3 Å². The minimum atomic E-state index is 0.134. The maximum atomic E-state index is 12.2. The highest BCUT2D eigenvalue weighted by Gasteiger charge is 2.14. The lowest BCUT2D eigenvalue weighted by Gasteiger charge is -2.12. The van der Waals surface area contributed by atoms with Crippen molar-refractivity contribution >= 4 is 5.78 Å². The summed E-state index contributed by atoms with van der Waals surface area (Å²) >= 11 is 0. The molecule has 3 nitrogen and oxygen atoms in total. The van der Waals surface area contributed by atoms with Gasteiger partial charge in [0.1, 0.15) is 12.4 Å². The predicted molar refractivity (Wildman–Crippen MR) is 87.4 cm³/mol. The third-order valence-electron chi connectivity index (χ3n) is 4.00. The second-order valence-electron chi connectivity index (χ2n) is 5.71. The van der Waals surface area contributed by atoms with Gasteiger partial charge >= 0.3 is 0 Å². The molecule has 0 amide bonds. The molecule has 1 fully saturated rings. The quantitative estimate of drug-likeness (QED) is 0.831. The fourth-order valence-electron chi connectivity index (χ4n) is 2.72. The van der Waals surface area contributed by atoms with Gasteiger partial charge in [-0.25, -0.2) is 0 Å². The minimum Gasteiger partial charge on any atom is -0.492 e. The molecular weight excluding hydrogens is 274 g/mol. The minimum absolute atomic E-state index is 0.134. The molecule has 1 atom stereocenters. The number of hydrogen-bond donors (Lipinski definition) is 1. The second-order valence-corrected chi connectivity index (χ2v) is 5.71. The Balaban J connectivity index is 1.55. The summed E-state index contributed by atoms with van der Waals surface area (Å²) in [6, 6.07) is 17.7. The van der Waals surface area contributed by atoms with E-state index in [2.05, 4.69) is 5.32 Å². The molecular formula is C19H21NO2. The largest absolute Gasteiger partial charge is 0.492 e. The highest BCUT2D eigenvalue weighted by atomic mass is 16.5. The third-order valence-corrected chi connectivity index (χ3v) is 4.00. The molecule has 22 heavy (non-hydrogen) atoms. The summed E-state index contributed by atoms with van der Waals surface area (Å²) in [5.41, 5.74) is 1.77. The number of nitrogens with one attached hydrogen (secondary N) is 1. The van der Waals surface area contributed by atoms with E-state index in [0.717, 1.165) is 23.4 Å². The highest BCUT2D eigenvalue weighted by Crippen LogP contribution is 2.15. The Morgan fingerprint density at radius 3 is 2.55 bits per heavy atom. The van der Waals surface area contributed by atoms with Gasteiger partial charge in [-0.3, -0.25) is 4.79 Å². The summed E-state index contributed by atoms with van der Waals surface area (Å²) in [6.45, 7) is 1.78. The third kappa shape index (κ3) is 3.95. The zero-order valence-corrected chi connectivity index (χ0v) is 12.6. The van der Waals surface area contributed by atoms with Crippen LogP contribution in [0.25, 0.3) is 0 Å². The van der Waals surface area contributed by atoms with Crippen molar-refractivity contribution in [2.24, 2.45) is 0 Å². The normalized spacial score (nSPS) is 17.4. The Morgan fingerprint density at radius 2 is 1.86 bits per heavy atom. The number of ketones is 1. The van der Waals surface area contributed by atoms with Gasteiger partial charge in [-0.05, 0) is 49.2 Å². The molecule has 0 unspecified atom stereocenters. The molecule has 1 aliphatic rings. The molecule has 0 saturated carbocycles. The zero-order valence-electron chi connectivity index (χ0n) is 12.6. The van der Waals surface area contributed by atoms with E-state index in [1.54, 1.807) is 0 Å². The molecule has 0 spiro atoms. The number of carbonyl (C=O) groups is 1. The van der Waals surface area contributed by atoms with Crippen LogP contribution in [-0.2, 0) is 6.42 Å². The van der Waals surface area contributed by atoms with Crippen LogP contribution in [0, 0.1) is 0 Å². The van der Waals surface area contributed by atoms with E-state index in [1.165, 1.54) is 12.8 Å². The molecule has 0 aliphatic carbocycles. The molecule has 3 rings (SSSR count). The predicted octanol–water partition coefficient (Wildman–Crippen LogP) is 3.24. The lowest BCUT2D eigenvalue weighted by atomic mass is 10.0. The van der Waals surface area contributed by atoms with Crippen LogP contribution in [-0.4, -0.2) is 25.0 Å². The van der Waals surface area contributed by atoms with Gasteiger partial charge in [-0.1, -0.05) is 30.3 Å². The van der Waals surface area contributed by atoms with Gasteiger partial charge in [0.15, 0.2) is 5.78 Å². The van der Waals surface area contributed by atoms with E-state index in [0.29, 0.717) is 19.1 Å². The molecule has 0 radical (unpaired) electrons. The van der Waals surface area contributed by atoms with E-state index < -0.39 is 0 Å². The fraction of sp³-hybridized carbons (Fsp3) is 0.316. The van der Waals surface area contributed by atoms with Crippen LogP contribution in [0.5, 0.6) is 5.75 Å². The summed E-state index contributed by atoms with van der Waals surface area (Å²) < 4.78 is 5.77. The monoisotopic (exact) mass is 295 g/mol. The molecule has 2 aromatic rings. The van der Waals surface area contributed by atoms with Gasteiger partial charge < -0.3 is 10.1 Å². The van der Waals surface area contributed by atoms with E-state index in [-0.39, 0.29) is 5.78 Å². The molecule has 1 aliphatic heterocycles. The van der Waals surface area contributed by atoms with Crippen LogP contribution in [0.3, 0.4) is 0 Å². The summed E-state index contributed by atoms with van der Waals surface area (Å²) in [6.07, 6.45) is 2.83. The first-order valence-corrected chi connectivity index (χ1v) is 7.84. The van der Waals surface area contributed by atoms with Crippen molar-refractivity contribution in [3.05, 3.63) is 65.7 Å². The van der Waals surface area contributed by atoms with Crippen LogP contribution in [0.1, 0.15) is 28.8 Å². The summed E-state index contributed by atoms with van der Waals surface area (Å²) in [5.74, 6) is 0.958. The standard InChI is InChI=1S/C19H21NO2/c21-19(13-15-5-2-1-3-6-15)16-8-10-18(11-9-16)22-14-17-7-4-12-20-17/h1-3,5-6,8-11,17,20H,4,7,12-14H2/t17-/m1/s1. The van der Waals surface area contributed by atoms with Crippen LogP contribution >= 0.6 is 0 Å². The van der Waals surface area contributed by atoms with Gasteiger partial charge in [0.2, 0.25) is 0 Å². The van der Waals surface area contributed by atoms with E-state index >= 15 is 0 Å². The molecule has 0 aromatic heterocycles. The topological polar surface area (TPSA) is 38.3 Å². The number of Topliss-reactive ketones (excluding diaryl/α,β-unsaturated/α-hetero) is 1. The number of rotatable bonds is 6. The molecule has 1 N–H and O–H groups in total. The molecule has 2 aromatic carbocycles. The van der Waals surface area contributed by atoms with Gasteiger partial charge in [-0.2, -0.15) is 0 Å². The summed E-state index contributed by atoms with van der Waals surface area (Å²) in [4.78, 5) is 12.2. The van der Waals surface area contributed by atoms with Crippen molar-refractivity contribution in [3.8, 4) is 5.75 Å². The number of carbonyl (C=O) groups excluding carboxylic acids is 1. The van der Waals surface area contributed by atoms with Crippen molar-refractivity contribution < 1.29 is 9.53 Å². The Labute approximate surface area is 131 Å². The first-order chi connectivity index (χ1) is 10.8. The lowest BCUT2D eigenvalue weighted by molar-refractivity contribution is 0.0993. The number of hydrogen-bond acceptors (Lipinski definition) is 3. The summed E-state index contributed by atoms with van der Waals surface area (Å²) in [5, 5.41) is 3.40. The van der Waals surface area contributed by atoms with E-state index in [9.17, 15) is 4.79 Å². The fourth-order valence-corrected chi connectivity index (χ4v) is 2.72. The Bertz CT molecular complexity index is 601. The number of benzene rings is 2. The summed E-state index contributed by atoms with van der Waals surface area (Å²) in [7, 11) is 0. The molecule has 1 saturated heterocycles. The molecule has 1 heterocycles. The van der Waals surface area contributed by atoms with Gasteiger partial charge in [0.05, 0.1) is 0 Å². The lowest BCUT2D eigenvalue weighted by Crippen LogP contribution is -2.28. The number of ether oxygens (including phenoxy) is 1. The van der Waals surface area contributed by atoms with Crippen LogP contribution in [0.2, 0.25) is 0 Å². The van der Waals surface area contributed by atoms with Gasteiger partial charge in [0, 0.05) is 18.0 Å². The molecule has 3 heteroatoms. The van der Waals surface area contributed by atoms with E-state index in [4.69, 9.17) is 4.74 Å². The Morgan fingerprint density at radius 1 is 1.09 bits per heavy atom. The van der Waals surface area contributed by atoms with E-state index in [1.807, 2.05) is 54.6 Å². The first kappa shape index (κ1) is 14.8. The smallest absolute Gasteiger partial charge is 0.167 e. The Hall–Kier alpha value is -2.13. The first-order valence-electron chi connectivity index (χ1n) is 7.84. The second kappa shape index (κ2) is 7.23. The van der Waals surface area contributed by atoms with Crippen molar-refractivity contribution in [1.82, 2.24) is 5.32 Å². The van der Waals surface area contributed by atoms with Crippen molar-refractivity contribution in [2.75, 3.05) is 13.2 Å². The SMILES string of the molecule is O=C(Cc1ccccc1)c1ccc(OC[C@H]2CCCN2)cc1. The zero-order chi connectivity index (χ0) is 15.2. The maximum absolute atomic E-state index is 12.2. The van der Waals surface area contributed by atoms with Crippen LogP contribution < -0.4 is 10.1 Å². The average molecular weight is 295 g/mol. The molecule has 114 valence electrons. The molecule has 0 bridgehead atoms. The van der Waals surface area contributed by atoms with Gasteiger partial charge in [0.25, 0.3) is 0 Å². The van der Waals surface area contributed by atoms with Crippen molar-refractivity contribution in [3.63, 3.8) is 0 Å². The maximum Gasteiger partial charge on any atom is 0.167 e. The van der Waals surface area contributed by atoms with Crippen molar-refractivity contribution in [1.29, 1.82) is 0 Å². The van der Waals surface area contributed by atoms with Crippen LogP contribution in [0.15, 0.2) is 54.6 Å². The van der Waals surface area contributed by atoms with Gasteiger partial charge in [-0.15, -0.1) is 0 Å².